The lowest BCUT2D eigenvalue weighted by Gasteiger charge is -2.23. The van der Waals surface area contributed by atoms with Crippen LogP contribution in [0.25, 0.3) is 9.54 Å². The average Bonchev–Trinajstić information content (AvgIpc) is 2.76. The molecule has 0 aliphatic carbocycles. The van der Waals surface area contributed by atoms with Crippen molar-refractivity contribution in [2.45, 2.75) is 53.8 Å². The molecule has 9 nitrogen and oxygen atoms in total. The molecule has 0 aliphatic rings. The van der Waals surface area contributed by atoms with Gasteiger partial charge in [-0.3, -0.25) is 0 Å². The number of rotatable bonds is 10. The van der Waals surface area contributed by atoms with Crippen molar-refractivity contribution in [3.8, 4) is 0 Å². The smallest absolute Gasteiger partial charge is 0.424 e. The molecule has 0 aliphatic heterocycles. The van der Waals surface area contributed by atoms with E-state index in [1.165, 1.54) is 30.3 Å². The molecule has 15 heteroatoms. The third-order valence-electron chi connectivity index (χ3n) is 5.18. The van der Waals surface area contributed by atoms with Gasteiger partial charge in [-0.05, 0) is 60.1 Å². The van der Waals surface area contributed by atoms with E-state index in [1.807, 2.05) is 13.8 Å². The Labute approximate surface area is 201 Å². The number of halogens is 3. The van der Waals surface area contributed by atoms with E-state index in [1.54, 1.807) is 12.1 Å². The molecule has 0 spiro atoms. The Bertz CT molecular complexity index is 1420. The second kappa shape index (κ2) is 10.6. The number of hydrogen-bond donors (Lipinski definition) is 0. The highest BCUT2D eigenvalue weighted by atomic mass is 32.3. The Morgan fingerprint density at radius 2 is 1.40 bits per heavy atom. The van der Waals surface area contributed by atoms with Crippen LogP contribution in [0, 0.1) is 0 Å². The van der Waals surface area contributed by atoms with Gasteiger partial charge in [-0.15, -0.1) is 6.01 Å². The number of sulfonamides is 3. The van der Waals surface area contributed by atoms with Crippen molar-refractivity contribution in [3.05, 3.63) is 69.2 Å². The average molecular weight is 552 g/mol. The predicted molar refractivity (Wildman–Crippen MR) is 122 cm³/mol. The third kappa shape index (κ3) is 6.98. The lowest BCUT2D eigenvalue weighted by Crippen LogP contribution is -2.24. The molecule has 0 bridgehead atoms. The maximum atomic E-state index is 12.5. The van der Waals surface area contributed by atoms with Gasteiger partial charge in [-0.2, -0.15) is 13.2 Å². The summed E-state index contributed by atoms with van der Waals surface area (Å²) in [4.78, 5) is -0.826. The molecular weight excluding hydrogens is 531 g/mol. The van der Waals surface area contributed by atoms with Crippen LogP contribution in [0.15, 0.2) is 62.7 Å². The van der Waals surface area contributed by atoms with Crippen LogP contribution in [-0.2, 0) is 30.1 Å². The van der Waals surface area contributed by atoms with Gasteiger partial charge in [0.15, 0.2) is 10.0 Å². The Morgan fingerprint density at radius 1 is 0.914 bits per heavy atom. The summed E-state index contributed by atoms with van der Waals surface area (Å²) in [6.07, 6.45) is 1.18. The van der Waals surface area contributed by atoms with Crippen LogP contribution in [0.4, 0.5) is 13.2 Å². The van der Waals surface area contributed by atoms with Crippen molar-refractivity contribution in [2.75, 3.05) is 0 Å². The van der Waals surface area contributed by atoms with Crippen molar-refractivity contribution in [3.63, 3.8) is 0 Å². The highest BCUT2D eigenvalue weighted by Gasteiger charge is 2.40. The first kappa shape index (κ1) is 28.7. The van der Waals surface area contributed by atoms with Crippen LogP contribution in [0.3, 0.4) is 0 Å². The van der Waals surface area contributed by atoms with Crippen molar-refractivity contribution >= 4 is 36.1 Å². The normalized spacial score (nSPS) is 14.7. The molecule has 2 rings (SSSR count). The fourth-order valence-corrected chi connectivity index (χ4v) is 6.19. The molecule has 35 heavy (non-hydrogen) atoms. The standard InChI is InChI=1S/C20H20F3N3O6S3/c1-3-15(12-14(2)16-4-8-18(9-5-16)33(27,28)25-13-24)17-6-10-19(11-7-17)34(29,30)26-35(31,32)20(21,22)23/h4-11,14-15H,3,12H2,1-2H3/q-2. The first-order chi connectivity index (χ1) is 16.0. The highest BCUT2D eigenvalue weighted by molar-refractivity contribution is 8.12. The maximum absolute atomic E-state index is 12.5. The lowest BCUT2D eigenvalue weighted by atomic mass is 9.85. The summed E-state index contributed by atoms with van der Waals surface area (Å²) in [6.45, 7) is 3.78. The van der Waals surface area contributed by atoms with Crippen molar-refractivity contribution < 1.29 is 38.4 Å². The number of alkyl halides is 3. The summed E-state index contributed by atoms with van der Waals surface area (Å²) in [5.74, 6) is -0.172. The summed E-state index contributed by atoms with van der Waals surface area (Å²) in [7, 11) is -15.4. The molecule has 0 heterocycles. The zero-order chi connectivity index (χ0) is 26.7. The van der Waals surface area contributed by atoms with E-state index < -0.39 is 40.5 Å². The summed E-state index contributed by atoms with van der Waals surface area (Å²) >= 11 is 0. The van der Waals surface area contributed by atoms with Crippen LogP contribution in [0.2, 0.25) is 0 Å². The van der Waals surface area contributed by atoms with Crippen molar-refractivity contribution in [1.82, 2.24) is 0 Å². The lowest BCUT2D eigenvalue weighted by molar-refractivity contribution is -0.0425. The van der Waals surface area contributed by atoms with E-state index in [9.17, 15) is 38.4 Å². The van der Waals surface area contributed by atoms with Gasteiger partial charge in [0, 0.05) is 4.90 Å². The zero-order valence-corrected chi connectivity index (χ0v) is 20.8. The molecule has 2 unspecified atom stereocenters. The molecule has 0 radical (unpaired) electrons. The molecule has 2 aromatic rings. The first-order valence-electron chi connectivity index (χ1n) is 9.90. The number of benzene rings is 2. The van der Waals surface area contributed by atoms with E-state index in [4.69, 9.17) is 5.41 Å². The molecular formula is C20H20F3N3O6S3-2. The topological polar surface area (TPSA) is 151 Å². The van der Waals surface area contributed by atoms with Crippen molar-refractivity contribution in [1.29, 1.82) is 0 Å². The predicted octanol–water partition coefficient (Wildman–Crippen LogP) is 4.72. The summed E-state index contributed by atoms with van der Waals surface area (Å²) in [6, 6.07) is 11.8. The molecule has 0 N–H and O–H groups in total. The Hall–Kier alpha value is -2.58. The Balaban J connectivity index is 2.20. The van der Waals surface area contributed by atoms with Crippen LogP contribution in [0.5, 0.6) is 0 Å². The van der Waals surface area contributed by atoms with Crippen LogP contribution < -0.4 is 0 Å². The highest BCUT2D eigenvalue weighted by Crippen LogP contribution is 2.35. The van der Waals surface area contributed by atoms with Gasteiger partial charge in [-0.1, -0.05) is 38.1 Å². The zero-order valence-electron chi connectivity index (χ0n) is 18.3. The molecule has 0 fully saturated rings. The van der Waals surface area contributed by atoms with Crippen LogP contribution >= 0.6 is 0 Å². The first-order valence-corrected chi connectivity index (χ1v) is 14.2. The molecule has 0 saturated heterocycles. The SMILES string of the molecule is CCC(CC(C)c1ccc(S(=O)(=O)N=C=[N-])cc1)c1ccc(S(=O)(=O)[N-]S(=O)(=O)C(F)(F)F)cc1. The van der Waals surface area contributed by atoms with E-state index in [2.05, 4.69) is 8.53 Å². The van der Waals surface area contributed by atoms with Gasteiger partial charge >= 0.3 is 5.51 Å². The molecule has 0 saturated carbocycles. The molecule has 192 valence electrons. The minimum absolute atomic E-state index is 0.0695. The second-order valence-electron chi connectivity index (χ2n) is 7.52. The minimum atomic E-state index is -6.22. The van der Waals surface area contributed by atoms with Crippen LogP contribution in [0.1, 0.15) is 49.7 Å². The van der Waals surface area contributed by atoms with Crippen molar-refractivity contribution in [2.24, 2.45) is 4.40 Å². The monoisotopic (exact) mass is 551 g/mol. The summed E-state index contributed by atoms with van der Waals surface area (Å²) in [5.41, 5.74) is -4.37. The fraction of sp³-hybridized carbons (Fsp3) is 0.350. The summed E-state index contributed by atoms with van der Waals surface area (Å²) in [5, 5.41) is 8.48. The molecule has 2 aromatic carbocycles. The Kier molecular flexibility index (Phi) is 8.66. The van der Waals surface area contributed by atoms with Gasteiger partial charge in [0.1, 0.15) is 10.0 Å². The second-order valence-corrected chi connectivity index (χ2v) is 12.6. The van der Waals surface area contributed by atoms with Gasteiger partial charge in [-0.25, -0.2) is 25.3 Å². The third-order valence-corrected chi connectivity index (χ3v) is 9.39. The Morgan fingerprint density at radius 3 is 1.86 bits per heavy atom. The molecule has 2 atom stereocenters. The minimum Gasteiger partial charge on any atom is -0.424 e. The van der Waals surface area contributed by atoms with Crippen LogP contribution in [-0.4, -0.2) is 36.8 Å². The van der Waals surface area contributed by atoms with E-state index in [-0.39, 0.29) is 16.7 Å². The summed E-state index contributed by atoms with van der Waals surface area (Å²) < 4.78 is 112. The fourth-order valence-electron chi connectivity index (χ4n) is 3.30. The van der Waals surface area contributed by atoms with E-state index in [0.717, 1.165) is 17.7 Å². The largest absolute Gasteiger partial charge is 0.480 e. The maximum Gasteiger partial charge on any atom is 0.480 e. The van der Waals surface area contributed by atoms with Gasteiger partial charge in [0.05, 0.1) is 4.90 Å². The number of nitrogens with zero attached hydrogens (tertiary/aromatic N) is 3. The van der Waals surface area contributed by atoms with Gasteiger partial charge < -0.3 is 13.9 Å². The van der Waals surface area contributed by atoms with Gasteiger partial charge in [0.2, 0.25) is 10.0 Å². The van der Waals surface area contributed by atoms with Gasteiger partial charge in [0.25, 0.3) is 0 Å². The number of hydrogen-bond acceptors (Lipinski definition) is 6. The quantitative estimate of drug-likeness (QED) is 0.390. The molecule has 0 aromatic heterocycles. The molecule has 0 amide bonds. The van der Waals surface area contributed by atoms with E-state index in [0.29, 0.717) is 18.4 Å². The van der Waals surface area contributed by atoms with E-state index >= 15 is 0 Å².